The molecule has 0 fully saturated rings. The fourth-order valence-electron chi connectivity index (χ4n) is 2.29. The molecule has 0 aliphatic rings. The molecule has 0 aliphatic heterocycles. The number of nitrogens with one attached hydrogen (secondary N) is 1. The summed E-state index contributed by atoms with van der Waals surface area (Å²) in [5.41, 5.74) is 0.443. The van der Waals surface area contributed by atoms with Crippen molar-refractivity contribution < 1.29 is 22.3 Å². The first-order valence-corrected chi connectivity index (χ1v) is 10.0. The van der Waals surface area contributed by atoms with Crippen LogP contribution in [0, 0.1) is 5.82 Å². The minimum atomic E-state index is -3.55. The smallest absolute Gasteiger partial charge is 0.262 e. The van der Waals surface area contributed by atoms with E-state index in [9.17, 15) is 17.6 Å². The zero-order chi connectivity index (χ0) is 19.9. The third kappa shape index (κ3) is 6.04. The van der Waals surface area contributed by atoms with Gasteiger partial charge in [-0.15, -0.1) is 0 Å². The van der Waals surface area contributed by atoms with Crippen LogP contribution in [0.3, 0.4) is 0 Å². The number of hydrogen-bond donors (Lipinski definition) is 1. The van der Waals surface area contributed by atoms with Crippen LogP contribution in [0.25, 0.3) is 0 Å². The van der Waals surface area contributed by atoms with Crippen molar-refractivity contribution in [1.82, 2.24) is 4.31 Å². The SMILES string of the molecule is CCCCN(C)S(=O)(=O)c1ccc(NC(=O)COc2cccc(F)c2)cc1. The molecular weight excluding hydrogens is 371 g/mol. The molecule has 0 bridgehead atoms. The van der Waals surface area contributed by atoms with E-state index in [1.54, 1.807) is 13.1 Å². The predicted octanol–water partition coefficient (Wildman–Crippen LogP) is 3.26. The zero-order valence-electron chi connectivity index (χ0n) is 15.3. The molecule has 0 saturated carbocycles. The Labute approximate surface area is 159 Å². The first-order chi connectivity index (χ1) is 12.8. The van der Waals surface area contributed by atoms with E-state index in [2.05, 4.69) is 5.32 Å². The molecule has 0 heterocycles. The number of carbonyl (C=O) groups is 1. The predicted molar refractivity (Wildman–Crippen MR) is 102 cm³/mol. The maximum atomic E-state index is 13.1. The summed E-state index contributed by atoms with van der Waals surface area (Å²) in [7, 11) is -2.00. The molecule has 0 spiro atoms. The van der Waals surface area contributed by atoms with Gasteiger partial charge in [-0.05, 0) is 42.8 Å². The maximum absolute atomic E-state index is 13.1. The van der Waals surface area contributed by atoms with Crippen LogP contribution in [0.1, 0.15) is 19.8 Å². The molecule has 0 saturated heterocycles. The Morgan fingerprint density at radius 3 is 2.52 bits per heavy atom. The molecule has 2 rings (SSSR count). The lowest BCUT2D eigenvalue weighted by Crippen LogP contribution is -2.28. The number of unbranched alkanes of at least 4 members (excludes halogenated alkanes) is 1. The van der Waals surface area contributed by atoms with Gasteiger partial charge in [0.1, 0.15) is 11.6 Å². The highest BCUT2D eigenvalue weighted by Crippen LogP contribution is 2.18. The van der Waals surface area contributed by atoms with Gasteiger partial charge < -0.3 is 10.1 Å². The van der Waals surface area contributed by atoms with Crippen molar-refractivity contribution in [2.45, 2.75) is 24.7 Å². The fraction of sp³-hybridized carbons (Fsp3) is 0.316. The van der Waals surface area contributed by atoms with Crippen LogP contribution in [-0.4, -0.2) is 38.8 Å². The summed E-state index contributed by atoms with van der Waals surface area (Å²) in [6.07, 6.45) is 1.69. The van der Waals surface area contributed by atoms with Crippen molar-refractivity contribution in [2.75, 3.05) is 25.5 Å². The van der Waals surface area contributed by atoms with Crippen molar-refractivity contribution in [1.29, 1.82) is 0 Å². The number of rotatable bonds is 9. The third-order valence-electron chi connectivity index (χ3n) is 3.84. The number of amides is 1. The van der Waals surface area contributed by atoms with Crippen LogP contribution in [0.4, 0.5) is 10.1 Å². The van der Waals surface area contributed by atoms with Crippen molar-refractivity contribution in [2.24, 2.45) is 0 Å². The lowest BCUT2D eigenvalue weighted by Gasteiger charge is -2.17. The number of benzene rings is 2. The van der Waals surface area contributed by atoms with E-state index in [1.807, 2.05) is 6.92 Å². The van der Waals surface area contributed by atoms with Crippen LogP contribution < -0.4 is 10.1 Å². The van der Waals surface area contributed by atoms with E-state index in [-0.39, 0.29) is 17.3 Å². The number of sulfonamides is 1. The zero-order valence-corrected chi connectivity index (χ0v) is 16.1. The first kappa shape index (κ1) is 20.9. The van der Waals surface area contributed by atoms with Gasteiger partial charge in [-0.1, -0.05) is 19.4 Å². The number of carbonyl (C=O) groups excluding carboxylic acids is 1. The summed E-state index contributed by atoms with van der Waals surface area (Å²) in [6, 6.07) is 11.4. The number of halogens is 1. The van der Waals surface area contributed by atoms with Gasteiger partial charge in [-0.25, -0.2) is 17.1 Å². The second kappa shape index (κ2) is 9.48. The largest absolute Gasteiger partial charge is 0.484 e. The Kier molecular flexibility index (Phi) is 7.32. The van der Waals surface area contributed by atoms with Crippen LogP contribution in [-0.2, 0) is 14.8 Å². The lowest BCUT2D eigenvalue weighted by molar-refractivity contribution is -0.118. The third-order valence-corrected chi connectivity index (χ3v) is 5.71. The van der Waals surface area contributed by atoms with Crippen LogP contribution in [0.2, 0.25) is 0 Å². The molecule has 1 N–H and O–H groups in total. The van der Waals surface area contributed by atoms with Crippen LogP contribution in [0.5, 0.6) is 5.75 Å². The number of hydrogen-bond acceptors (Lipinski definition) is 4. The van der Waals surface area contributed by atoms with Gasteiger partial charge in [0.05, 0.1) is 4.90 Å². The summed E-state index contributed by atoms with van der Waals surface area (Å²) in [6.45, 7) is 2.16. The first-order valence-electron chi connectivity index (χ1n) is 8.57. The van der Waals surface area contributed by atoms with E-state index in [1.165, 1.54) is 46.8 Å². The second-order valence-electron chi connectivity index (χ2n) is 6.00. The van der Waals surface area contributed by atoms with Gasteiger partial charge in [-0.3, -0.25) is 4.79 Å². The summed E-state index contributed by atoms with van der Waals surface area (Å²) in [4.78, 5) is 12.1. The molecule has 0 aliphatic carbocycles. The topological polar surface area (TPSA) is 75.7 Å². The van der Waals surface area contributed by atoms with Gasteiger partial charge in [0.2, 0.25) is 10.0 Å². The minimum absolute atomic E-state index is 0.162. The second-order valence-corrected chi connectivity index (χ2v) is 8.04. The average Bonchev–Trinajstić information content (AvgIpc) is 2.65. The molecule has 0 atom stereocenters. The highest BCUT2D eigenvalue weighted by atomic mass is 32.2. The fourth-order valence-corrected chi connectivity index (χ4v) is 3.50. The highest BCUT2D eigenvalue weighted by Gasteiger charge is 2.20. The summed E-state index contributed by atoms with van der Waals surface area (Å²) in [5.74, 6) is -0.634. The Balaban J connectivity index is 1.93. The Bertz CT molecular complexity index is 870. The van der Waals surface area contributed by atoms with Crippen LogP contribution >= 0.6 is 0 Å². The maximum Gasteiger partial charge on any atom is 0.262 e. The Morgan fingerprint density at radius 2 is 1.89 bits per heavy atom. The van der Waals surface area contributed by atoms with E-state index in [4.69, 9.17) is 4.74 Å². The van der Waals surface area contributed by atoms with Crippen molar-refractivity contribution in [3.8, 4) is 5.75 Å². The Hall–Kier alpha value is -2.45. The highest BCUT2D eigenvalue weighted by molar-refractivity contribution is 7.89. The molecule has 27 heavy (non-hydrogen) atoms. The van der Waals surface area contributed by atoms with Gasteiger partial charge in [0.25, 0.3) is 5.91 Å². The molecule has 2 aromatic rings. The number of ether oxygens (including phenoxy) is 1. The van der Waals surface area contributed by atoms with E-state index < -0.39 is 21.7 Å². The Morgan fingerprint density at radius 1 is 1.19 bits per heavy atom. The molecule has 146 valence electrons. The van der Waals surface area contributed by atoms with Crippen molar-refractivity contribution in [3.05, 3.63) is 54.3 Å². The lowest BCUT2D eigenvalue weighted by atomic mass is 10.3. The van der Waals surface area contributed by atoms with Crippen molar-refractivity contribution in [3.63, 3.8) is 0 Å². The molecular formula is C19H23FN2O4S. The standard InChI is InChI=1S/C19H23FN2O4S/c1-3-4-12-22(2)27(24,25)18-10-8-16(9-11-18)21-19(23)14-26-17-7-5-6-15(20)13-17/h5-11,13H,3-4,12,14H2,1-2H3,(H,21,23). The van der Waals surface area contributed by atoms with Gasteiger partial charge in [0, 0.05) is 25.3 Å². The van der Waals surface area contributed by atoms with E-state index >= 15 is 0 Å². The molecule has 0 aromatic heterocycles. The van der Waals surface area contributed by atoms with E-state index in [0.29, 0.717) is 12.2 Å². The quantitative estimate of drug-likeness (QED) is 0.708. The normalized spacial score (nSPS) is 11.4. The molecule has 0 radical (unpaired) electrons. The average molecular weight is 394 g/mol. The molecule has 8 heteroatoms. The summed E-state index contributed by atoms with van der Waals surface area (Å²) < 4.78 is 44.5. The number of anilines is 1. The monoisotopic (exact) mass is 394 g/mol. The molecule has 0 unspecified atom stereocenters. The summed E-state index contributed by atoms with van der Waals surface area (Å²) >= 11 is 0. The van der Waals surface area contributed by atoms with Gasteiger partial charge in [-0.2, -0.15) is 0 Å². The van der Waals surface area contributed by atoms with Crippen molar-refractivity contribution >= 4 is 21.6 Å². The number of nitrogens with zero attached hydrogens (tertiary/aromatic N) is 1. The molecule has 1 amide bonds. The van der Waals surface area contributed by atoms with E-state index in [0.717, 1.165) is 12.8 Å². The van der Waals surface area contributed by atoms with Crippen LogP contribution in [0.15, 0.2) is 53.4 Å². The van der Waals surface area contributed by atoms with Gasteiger partial charge >= 0.3 is 0 Å². The summed E-state index contributed by atoms with van der Waals surface area (Å²) in [5, 5.41) is 2.60. The molecule has 6 nitrogen and oxygen atoms in total. The van der Waals surface area contributed by atoms with Gasteiger partial charge in [0.15, 0.2) is 6.61 Å². The minimum Gasteiger partial charge on any atom is -0.484 e. The molecule has 2 aromatic carbocycles.